The van der Waals surface area contributed by atoms with Crippen molar-refractivity contribution >= 4 is 38.1 Å². The topological polar surface area (TPSA) is 30.2 Å². The van der Waals surface area contributed by atoms with Gasteiger partial charge < -0.3 is 4.40 Å². The molecule has 0 amide bonds. The van der Waals surface area contributed by atoms with Crippen LogP contribution < -0.4 is 0 Å². The Balaban J connectivity index is 2.07. The number of para-hydroxylation sites is 1. The maximum atomic E-state index is 4.99. The van der Waals surface area contributed by atoms with Crippen molar-refractivity contribution in [1.82, 2.24) is 14.4 Å². The molecule has 4 aromatic heterocycles. The summed E-state index contributed by atoms with van der Waals surface area (Å²) in [5.74, 6) is 1.65. The van der Waals surface area contributed by atoms with E-state index in [-0.39, 0.29) is 0 Å². The van der Waals surface area contributed by atoms with Crippen molar-refractivity contribution in [1.29, 1.82) is 0 Å². The van der Waals surface area contributed by atoms with Gasteiger partial charge in [-0.1, -0.05) is 73.6 Å². The number of hydrogen-bond acceptors (Lipinski definition) is 2. The summed E-state index contributed by atoms with van der Waals surface area (Å²) in [4.78, 5) is 9.98. The van der Waals surface area contributed by atoms with Crippen LogP contribution in [0.1, 0.15) is 102 Å². The number of rotatable bonds is 4. The van der Waals surface area contributed by atoms with Crippen LogP contribution in [0.25, 0.3) is 38.1 Å². The molecule has 0 N–H and O–H groups in total. The van der Waals surface area contributed by atoms with Crippen LogP contribution in [0.15, 0.2) is 30.6 Å². The van der Waals surface area contributed by atoms with Crippen molar-refractivity contribution in [2.24, 2.45) is 0 Å². The predicted octanol–water partition coefficient (Wildman–Crippen LogP) is 8.12. The van der Waals surface area contributed by atoms with Gasteiger partial charge in [-0.25, -0.2) is 0 Å². The number of hydrogen-bond donors (Lipinski definition) is 0. The van der Waals surface area contributed by atoms with Crippen molar-refractivity contribution < 1.29 is 0 Å². The Labute approximate surface area is 184 Å². The normalized spacial score (nSPS) is 13.0. The molecule has 5 rings (SSSR count). The molecule has 5 aromatic rings. The molecule has 0 bridgehead atoms. The SMILES string of the molecule is CC(C)c1ncc2c(c1C(C)C)c1cccc3c4c(C(C)C)c(C(C)C)ncc4n2c13. The molecule has 3 nitrogen and oxygen atoms in total. The molecule has 31 heavy (non-hydrogen) atoms. The minimum absolute atomic E-state index is 0.404. The monoisotopic (exact) mass is 411 g/mol. The third-order valence-corrected chi connectivity index (χ3v) is 6.78. The zero-order chi connectivity index (χ0) is 22.2. The number of benzene rings is 1. The van der Waals surface area contributed by atoms with Crippen LogP contribution in [-0.2, 0) is 0 Å². The lowest BCUT2D eigenvalue weighted by molar-refractivity contribution is 0.765. The van der Waals surface area contributed by atoms with E-state index < -0.39 is 0 Å². The molecule has 0 spiro atoms. The van der Waals surface area contributed by atoms with Crippen molar-refractivity contribution in [2.45, 2.75) is 79.1 Å². The van der Waals surface area contributed by atoms with Gasteiger partial charge in [0.25, 0.3) is 0 Å². The van der Waals surface area contributed by atoms with E-state index in [0.717, 1.165) is 0 Å². The molecule has 0 aliphatic rings. The fourth-order valence-electron chi connectivity index (χ4n) is 5.61. The molecule has 0 fully saturated rings. The molecule has 3 heteroatoms. The summed E-state index contributed by atoms with van der Waals surface area (Å²) in [6, 6.07) is 6.83. The first-order chi connectivity index (χ1) is 14.7. The van der Waals surface area contributed by atoms with Gasteiger partial charge in [0.2, 0.25) is 0 Å². The maximum absolute atomic E-state index is 4.99. The highest BCUT2D eigenvalue weighted by Crippen LogP contribution is 2.45. The van der Waals surface area contributed by atoms with Gasteiger partial charge >= 0.3 is 0 Å². The van der Waals surface area contributed by atoms with Crippen LogP contribution in [-0.4, -0.2) is 14.4 Å². The van der Waals surface area contributed by atoms with Gasteiger partial charge in [0.1, 0.15) is 0 Å². The summed E-state index contributed by atoms with van der Waals surface area (Å²) in [6.07, 6.45) is 4.20. The van der Waals surface area contributed by atoms with Gasteiger partial charge in [0.15, 0.2) is 0 Å². The summed E-state index contributed by atoms with van der Waals surface area (Å²) in [6.45, 7) is 18.2. The Kier molecular flexibility index (Phi) is 4.51. The van der Waals surface area contributed by atoms with E-state index in [4.69, 9.17) is 9.97 Å². The van der Waals surface area contributed by atoms with Crippen LogP contribution in [0.5, 0.6) is 0 Å². The van der Waals surface area contributed by atoms with Crippen molar-refractivity contribution in [3.05, 3.63) is 53.1 Å². The average Bonchev–Trinajstić information content (AvgIpc) is 3.23. The summed E-state index contributed by atoms with van der Waals surface area (Å²) >= 11 is 0. The first-order valence-electron chi connectivity index (χ1n) is 11.7. The zero-order valence-corrected chi connectivity index (χ0v) is 20.0. The number of pyridine rings is 2. The molecule has 0 saturated heterocycles. The van der Waals surface area contributed by atoms with Gasteiger partial charge in [-0.2, -0.15) is 0 Å². The average molecular weight is 412 g/mol. The van der Waals surface area contributed by atoms with Gasteiger partial charge in [-0.3, -0.25) is 9.97 Å². The molecule has 0 saturated carbocycles. The third kappa shape index (κ3) is 2.65. The maximum Gasteiger partial charge on any atom is 0.0728 e. The lowest BCUT2D eigenvalue weighted by atomic mass is 9.89. The minimum Gasteiger partial charge on any atom is -0.305 e. The Morgan fingerprint density at radius 1 is 0.613 bits per heavy atom. The highest BCUT2D eigenvalue weighted by atomic mass is 14.9. The number of aromatic nitrogens is 3. The third-order valence-electron chi connectivity index (χ3n) is 6.78. The number of nitrogens with zero attached hydrogens (tertiary/aromatic N) is 3. The largest absolute Gasteiger partial charge is 0.305 e. The first-order valence-corrected chi connectivity index (χ1v) is 11.7. The van der Waals surface area contributed by atoms with Crippen LogP contribution in [0, 0.1) is 0 Å². The Bertz CT molecular complexity index is 1330. The summed E-state index contributed by atoms with van der Waals surface area (Å²) in [5.41, 5.74) is 8.99. The quantitative estimate of drug-likeness (QED) is 0.299. The van der Waals surface area contributed by atoms with Crippen molar-refractivity contribution in [3.63, 3.8) is 0 Å². The second kappa shape index (κ2) is 6.91. The fraction of sp³-hybridized carbons (Fsp3) is 0.429. The molecule has 0 unspecified atom stereocenters. The van der Waals surface area contributed by atoms with Crippen LogP contribution in [0.3, 0.4) is 0 Å². The molecule has 0 aliphatic carbocycles. The van der Waals surface area contributed by atoms with E-state index in [0.29, 0.717) is 23.7 Å². The van der Waals surface area contributed by atoms with Gasteiger partial charge in [0, 0.05) is 32.9 Å². The molecule has 0 atom stereocenters. The first kappa shape index (κ1) is 20.2. The lowest BCUT2D eigenvalue weighted by Gasteiger charge is -2.18. The van der Waals surface area contributed by atoms with Gasteiger partial charge in [-0.05, 0) is 34.8 Å². The summed E-state index contributed by atoms with van der Waals surface area (Å²) in [5, 5.41) is 5.43. The minimum atomic E-state index is 0.404. The highest BCUT2D eigenvalue weighted by Gasteiger charge is 2.26. The van der Waals surface area contributed by atoms with E-state index in [1.165, 1.54) is 60.6 Å². The lowest BCUT2D eigenvalue weighted by Crippen LogP contribution is -2.04. The van der Waals surface area contributed by atoms with Gasteiger partial charge in [-0.15, -0.1) is 0 Å². The molecule has 0 aliphatic heterocycles. The predicted molar refractivity (Wildman–Crippen MR) is 133 cm³/mol. The van der Waals surface area contributed by atoms with E-state index >= 15 is 0 Å². The van der Waals surface area contributed by atoms with Crippen LogP contribution in [0.4, 0.5) is 0 Å². The summed E-state index contributed by atoms with van der Waals surface area (Å²) < 4.78 is 2.43. The van der Waals surface area contributed by atoms with E-state index in [1.54, 1.807) is 0 Å². The molecule has 0 radical (unpaired) electrons. The van der Waals surface area contributed by atoms with Gasteiger partial charge in [0.05, 0.1) is 28.9 Å². The van der Waals surface area contributed by atoms with E-state index in [2.05, 4.69) is 90.4 Å². The Hall–Kier alpha value is -2.68. The van der Waals surface area contributed by atoms with Crippen molar-refractivity contribution in [2.75, 3.05) is 0 Å². The Morgan fingerprint density at radius 2 is 1.03 bits per heavy atom. The second-order valence-corrected chi connectivity index (χ2v) is 10.3. The van der Waals surface area contributed by atoms with E-state index in [1.807, 2.05) is 0 Å². The van der Waals surface area contributed by atoms with Crippen LogP contribution >= 0.6 is 0 Å². The smallest absolute Gasteiger partial charge is 0.0728 e. The molecular weight excluding hydrogens is 378 g/mol. The highest BCUT2D eigenvalue weighted by molar-refractivity contribution is 6.24. The summed E-state index contributed by atoms with van der Waals surface area (Å²) in [7, 11) is 0. The molecule has 160 valence electrons. The molecule has 4 heterocycles. The standard InChI is InChI=1S/C28H33N3/c1-14(2)22-24-18-10-9-11-19-25-21(13-30-27(17(7)8)23(25)15(3)4)31(28(18)19)20(24)12-29-26(22)16(5)6/h9-17H,1-8H3. The van der Waals surface area contributed by atoms with E-state index in [9.17, 15) is 0 Å². The van der Waals surface area contributed by atoms with Crippen LogP contribution in [0.2, 0.25) is 0 Å². The van der Waals surface area contributed by atoms with Crippen molar-refractivity contribution in [3.8, 4) is 0 Å². The number of fused-ring (bicyclic) bond motifs is 6. The molecule has 1 aromatic carbocycles. The second-order valence-electron chi connectivity index (χ2n) is 10.3. The Morgan fingerprint density at radius 3 is 1.39 bits per heavy atom. The fourth-order valence-corrected chi connectivity index (χ4v) is 5.61. The molecular formula is C28H33N3. The zero-order valence-electron chi connectivity index (χ0n) is 20.0.